The van der Waals surface area contributed by atoms with Crippen LogP contribution in [0.25, 0.3) is 0 Å². The Morgan fingerprint density at radius 1 is 1.40 bits per heavy atom. The zero-order valence-electron chi connectivity index (χ0n) is 11.4. The first kappa shape index (κ1) is 15.3. The molecule has 0 fully saturated rings. The molecular weight excluding hydrogens is 389 g/mol. The highest BCUT2D eigenvalue weighted by molar-refractivity contribution is 14.1. The van der Waals surface area contributed by atoms with Crippen LogP contribution in [0, 0.1) is 17.4 Å². The van der Waals surface area contributed by atoms with Gasteiger partial charge >= 0.3 is 0 Å². The molecule has 1 heterocycles. The van der Waals surface area contributed by atoms with E-state index in [1.54, 1.807) is 6.92 Å². The molecule has 0 aliphatic heterocycles. The van der Waals surface area contributed by atoms with Crippen molar-refractivity contribution < 1.29 is 0 Å². The summed E-state index contributed by atoms with van der Waals surface area (Å²) >= 11 is 8.15. The van der Waals surface area contributed by atoms with Gasteiger partial charge in [0.2, 0.25) is 0 Å². The minimum absolute atomic E-state index is 0.0982. The molecule has 0 aliphatic rings. The Balaban J connectivity index is 2.33. The Morgan fingerprint density at radius 3 is 2.70 bits per heavy atom. The van der Waals surface area contributed by atoms with Gasteiger partial charge in [-0.1, -0.05) is 11.6 Å². The van der Waals surface area contributed by atoms with Gasteiger partial charge in [-0.15, -0.1) is 0 Å². The molecule has 1 aromatic heterocycles. The summed E-state index contributed by atoms with van der Waals surface area (Å²) in [5, 5.41) is 4.02. The van der Waals surface area contributed by atoms with Crippen LogP contribution in [0.2, 0.25) is 5.02 Å². The lowest BCUT2D eigenvalue weighted by Crippen LogP contribution is -2.23. The predicted molar refractivity (Wildman–Crippen MR) is 90.5 cm³/mol. The summed E-state index contributed by atoms with van der Waals surface area (Å²) in [5.41, 5.74) is 2.25. The van der Waals surface area contributed by atoms with Crippen molar-refractivity contribution in [3.05, 3.63) is 54.2 Å². The summed E-state index contributed by atoms with van der Waals surface area (Å²) in [4.78, 5) is 19.1. The largest absolute Gasteiger partial charge is 0.377 e. The van der Waals surface area contributed by atoms with Gasteiger partial charge in [-0.2, -0.15) is 0 Å². The third-order valence-corrected chi connectivity index (χ3v) is 4.13. The number of halogens is 2. The van der Waals surface area contributed by atoms with Crippen molar-refractivity contribution in [1.29, 1.82) is 0 Å². The van der Waals surface area contributed by atoms with Crippen molar-refractivity contribution in [2.75, 3.05) is 5.32 Å². The van der Waals surface area contributed by atoms with Crippen LogP contribution < -0.4 is 10.9 Å². The van der Waals surface area contributed by atoms with E-state index < -0.39 is 0 Å². The van der Waals surface area contributed by atoms with Gasteiger partial charge in [-0.05, 0) is 61.6 Å². The van der Waals surface area contributed by atoms with Gasteiger partial charge in [0.05, 0.1) is 17.3 Å². The Morgan fingerprint density at radius 2 is 2.10 bits per heavy atom. The lowest BCUT2D eigenvalue weighted by Gasteiger charge is -2.18. The molecule has 0 bridgehead atoms. The van der Waals surface area contributed by atoms with Crippen LogP contribution in [-0.2, 0) is 0 Å². The number of hydrogen-bond acceptors (Lipinski definition) is 3. The van der Waals surface area contributed by atoms with Crippen LogP contribution >= 0.6 is 34.2 Å². The molecule has 0 aliphatic carbocycles. The zero-order chi connectivity index (χ0) is 14.9. The number of anilines is 1. The molecule has 1 atom stereocenters. The Kier molecular flexibility index (Phi) is 4.70. The molecule has 4 nitrogen and oxygen atoms in total. The van der Waals surface area contributed by atoms with Crippen molar-refractivity contribution in [1.82, 2.24) is 9.97 Å². The van der Waals surface area contributed by atoms with E-state index in [2.05, 4.69) is 37.9 Å². The fourth-order valence-electron chi connectivity index (χ4n) is 2.16. The van der Waals surface area contributed by atoms with E-state index in [1.807, 2.05) is 32.0 Å². The number of benzene rings is 1. The first-order valence-electron chi connectivity index (χ1n) is 6.17. The molecule has 0 saturated carbocycles. The highest BCUT2D eigenvalue weighted by Gasteiger charge is 2.15. The summed E-state index contributed by atoms with van der Waals surface area (Å²) < 4.78 is 1.01. The van der Waals surface area contributed by atoms with Crippen LogP contribution in [-0.4, -0.2) is 9.97 Å². The summed E-state index contributed by atoms with van der Waals surface area (Å²) in [6.45, 7) is 5.57. The standard InChI is InChI=1S/C14H15ClIN3O/c1-7-13(14(20)19-9(3)17-7)8(2)18-12-5-4-10(15)6-11(12)16/h4-6,8,18H,1-3H3,(H,17,19,20). The summed E-state index contributed by atoms with van der Waals surface area (Å²) in [6.07, 6.45) is 0. The Hall–Kier alpha value is -1.08. The minimum Gasteiger partial charge on any atom is -0.377 e. The number of rotatable bonds is 3. The van der Waals surface area contributed by atoms with Crippen LogP contribution in [0.3, 0.4) is 0 Å². The topological polar surface area (TPSA) is 57.8 Å². The third kappa shape index (κ3) is 3.32. The summed E-state index contributed by atoms with van der Waals surface area (Å²) in [5.74, 6) is 0.629. The van der Waals surface area contributed by atoms with Crippen molar-refractivity contribution in [2.45, 2.75) is 26.8 Å². The second-order valence-corrected chi connectivity index (χ2v) is 6.24. The maximum atomic E-state index is 12.1. The molecular formula is C14H15ClIN3O. The highest BCUT2D eigenvalue weighted by atomic mass is 127. The van der Waals surface area contributed by atoms with Gasteiger partial charge < -0.3 is 10.3 Å². The Labute approximate surface area is 136 Å². The lowest BCUT2D eigenvalue weighted by atomic mass is 10.1. The lowest BCUT2D eigenvalue weighted by molar-refractivity contribution is 0.813. The predicted octanol–water partition coefficient (Wildman–Crippen LogP) is 3.82. The fourth-order valence-corrected chi connectivity index (χ4v) is 3.18. The molecule has 106 valence electrons. The van der Waals surface area contributed by atoms with Gasteiger partial charge in [0.1, 0.15) is 5.82 Å². The second kappa shape index (κ2) is 6.13. The molecule has 2 N–H and O–H groups in total. The SMILES string of the molecule is Cc1nc(C)c(C(C)Nc2ccc(Cl)cc2I)c(=O)[nH]1. The van der Waals surface area contributed by atoms with Gasteiger partial charge in [-0.3, -0.25) is 4.79 Å². The van der Waals surface area contributed by atoms with E-state index in [9.17, 15) is 4.79 Å². The molecule has 2 aromatic rings. The number of H-pyrrole nitrogens is 1. The second-order valence-electron chi connectivity index (χ2n) is 4.64. The van der Waals surface area contributed by atoms with E-state index in [-0.39, 0.29) is 11.6 Å². The van der Waals surface area contributed by atoms with Gasteiger partial charge in [-0.25, -0.2) is 4.98 Å². The van der Waals surface area contributed by atoms with Crippen LogP contribution in [0.5, 0.6) is 0 Å². The van der Waals surface area contributed by atoms with Crippen molar-refractivity contribution >= 4 is 39.9 Å². The minimum atomic E-state index is -0.137. The molecule has 0 spiro atoms. The molecule has 0 saturated heterocycles. The number of nitrogens with zero attached hydrogens (tertiary/aromatic N) is 1. The van der Waals surface area contributed by atoms with Gasteiger partial charge in [0.25, 0.3) is 5.56 Å². The number of aromatic amines is 1. The molecule has 0 radical (unpaired) electrons. The first-order valence-corrected chi connectivity index (χ1v) is 7.63. The smallest absolute Gasteiger partial charge is 0.256 e. The molecule has 2 rings (SSSR count). The molecule has 1 aromatic carbocycles. The number of nitrogens with one attached hydrogen (secondary N) is 2. The first-order chi connectivity index (χ1) is 9.38. The van der Waals surface area contributed by atoms with E-state index in [0.29, 0.717) is 16.4 Å². The molecule has 20 heavy (non-hydrogen) atoms. The quantitative estimate of drug-likeness (QED) is 0.766. The number of hydrogen-bond donors (Lipinski definition) is 2. The fraction of sp³-hybridized carbons (Fsp3) is 0.286. The highest BCUT2D eigenvalue weighted by Crippen LogP contribution is 2.26. The molecule has 1 unspecified atom stereocenters. The van der Waals surface area contributed by atoms with E-state index in [1.165, 1.54) is 0 Å². The van der Waals surface area contributed by atoms with E-state index in [0.717, 1.165) is 15.0 Å². The van der Waals surface area contributed by atoms with E-state index >= 15 is 0 Å². The maximum absolute atomic E-state index is 12.1. The monoisotopic (exact) mass is 403 g/mol. The van der Waals surface area contributed by atoms with Crippen molar-refractivity contribution in [2.24, 2.45) is 0 Å². The number of aromatic nitrogens is 2. The zero-order valence-corrected chi connectivity index (χ0v) is 14.3. The van der Waals surface area contributed by atoms with E-state index in [4.69, 9.17) is 11.6 Å². The normalized spacial score (nSPS) is 12.2. The maximum Gasteiger partial charge on any atom is 0.256 e. The van der Waals surface area contributed by atoms with Gasteiger partial charge in [0.15, 0.2) is 0 Å². The van der Waals surface area contributed by atoms with Crippen molar-refractivity contribution in [3.63, 3.8) is 0 Å². The van der Waals surface area contributed by atoms with Crippen LogP contribution in [0.4, 0.5) is 5.69 Å². The summed E-state index contributed by atoms with van der Waals surface area (Å²) in [7, 11) is 0. The third-order valence-electron chi connectivity index (χ3n) is 3.00. The van der Waals surface area contributed by atoms with Crippen LogP contribution in [0.1, 0.15) is 30.0 Å². The average molecular weight is 404 g/mol. The molecule has 0 amide bonds. The Bertz CT molecular complexity index is 699. The van der Waals surface area contributed by atoms with Crippen molar-refractivity contribution in [3.8, 4) is 0 Å². The van der Waals surface area contributed by atoms with Gasteiger partial charge in [0, 0.05) is 14.3 Å². The summed E-state index contributed by atoms with van der Waals surface area (Å²) in [6, 6.07) is 5.47. The van der Waals surface area contributed by atoms with Crippen LogP contribution in [0.15, 0.2) is 23.0 Å². The number of aryl methyl sites for hydroxylation is 2. The average Bonchev–Trinajstić information content (AvgIpc) is 2.31. The molecule has 6 heteroatoms.